The molecule has 0 saturated heterocycles. The fourth-order valence-corrected chi connectivity index (χ4v) is 4.58. The highest BCUT2D eigenvalue weighted by Crippen LogP contribution is 2.46. The average Bonchev–Trinajstić information content (AvgIpc) is 2.78. The fraction of sp³-hybridized carbons (Fsp3) is 0.160. The first-order valence-electron chi connectivity index (χ1n) is 10.5. The van der Waals surface area contributed by atoms with Gasteiger partial charge in [0, 0.05) is 53.0 Å². The number of halogens is 2. The van der Waals surface area contributed by atoms with Crippen LogP contribution in [0.2, 0.25) is 10.0 Å². The van der Waals surface area contributed by atoms with Crippen LogP contribution in [-0.4, -0.2) is 35.2 Å². The van der Waals surface area contributed by atoms with Crippen molar-refractivity contribution in [2.45, 2.75) is 13.8 Å². The summed E-state index contributed by atoms with van der Waals surface area (Å²) in [5.41, 5.74) is 1.71. The molecule has 0 saturated carbocycles. The van der Waals surface area contributed by atoms with Crippen molar-refractivity contribution >= 4 is 51.8 Å². The number of rotatable bonds is 6. The molecule has 2 aliphatic rings. The molecule has 0 amide bonds. The summed E-state index contributed by atoms with van der Waals surface area (Å²) in [7, 11) is 0. The van der Waals surface area contributed by atoms with Gasteiger partial charge in [0.1, 0.15) is 11.3 Å². The molecule has 34 heavy (non-hydrogen) atoms. The molecule has 0 fully saturated rings. The van der Waals surface area contributed by atoms with Gasteiger partial charge in [0.2, 0.25) is 0 Å². The highest BCUT2D eigenvalue weighted by molar-refractivity contribution is 6.41. The topological polar surface area (TPSA) is 112 Å². The van der Waals surface area contributed by atoms with Crippen LogP contribution in [0, 0.1) is 0 Å². The van der Waals surface area contributed by atoms with Crippen LogP contribution >= 0.6 is 23.2 Å². The van der Waals surface area contributed by atoms with Gasteiger partial charge in [0.25, 0.3) is 0 Å². The van der Waals surface area contributed by atoms with E-state index in [4.69, 9.17) is 27.6 Å². The fourth-order valence-electron chi connectivity index (χ4n) is 3.97. The van der Waals surface area contributed by atoms with E-state index in [-0.39, 0.29) is 16.1 Å². The van der Waals surface area contributed by atoms with Crippen LogP contribution in [0.15, 0.2) is 51.9 Å². The number of carboxylic acids is 2. The van der Waals surface area contributed by atoms with Crippen molar-refractivity contribution in [3.63, 3.8) is 0 Å². The molecule has 0 spiro atoms. The van der Waals surface area contributed by atoms with Gasteiger partial charge in [-0.15, -0.1) is 0 Å². The van der Waals surface area contributed by atoms with Gasteiger partial charge >= 0.3 is 11.9 Å². The predicted molar refractivity (Wildman–Crippen MR) is 132 cm³/mol. The lowest BCUT2D eigenvalue weighted by molar-refractivity contribution is 0.0696. The highest BCUT2D eigenvalue weighted by atomic mass is 35.5. The van der Waals surface area contributed by atoms with E-state index < -0.39 is 22.5 Å². The van der Waals surface area contributed by atoms with Crippen molar-refractivity contribution in [2.75, 3.05) is 18.4 Å². The number of nitrogens with one attached hydrogen (secondary N) is 1. The van der Waals surface area contributed by atoms with Crippen LogP contribution in [0.5, 0.6) is 0 Å². The molecule has 1 aliphatic heterocycles. The number of carbonyl (C=O) groups is 2. The molecule has 2 aromatic rings. The summed E-state index contributed by atoms with van der Waals surface area (Å²) in [6.45, 7) is 5.17. The summed E-state index contributed by atoms with van der Waals surface area (Å²) in [5, 5.41) is 23.6. The summed E-state index contributed by atoms with van der Waals surface area (Å²) in [6, 6.07) is 12.0. The first kappa shape index (κ1) is 23.6. The Morgan fingerprint density at radius 1 is 1.00 bits per heavy atom. The lowest BCUT2D eigenvalue weighted by atomic mass is 9.89. The van der Waals surface area contributed by atoms with Crippen molar-refractivity contribution in [1.82, 2.24) is 0 Å². The van der Waals surface area contributed by atoms with Crippen LogP contribution in [0.3, 0.4) is 0 Å². The Balaban J connectivity index is 2.21. The minimum atomic E-state index is -1.39. The molecule has 2 aromatic carbocycles. The van der Waals surface area contributed by atoms with Crippen LogP contribution < -0.4 is 10.7 Å². The zero-order valence-electron chi connectivity index (χ0n) is 18.3. The lowest BCUT2D eigenvalue weighted by Gasteiger charge is -2.20. The van der Waals surface area contributed by atoms with E-state index in [1.54, 1.807) is 24.3 Å². The van der Waals surface area contributed by atoms with Crippen LogP contribution in [0.4, 0.5) is 5.69 Å². The Labute approximate surface area is 204 Å². The summed E-state index contributed by atoms with van der Waals surface area (Å²) >= 11 is 12.8. The van der Waals surface area contributed by atoms with Crippen molar-refractivity contribution in [3.05, 3.63) is 69.0 Å². The van der Waals surface area contributed by atoms with Gasteiger partial charge in [0.05, 0.1) is 26.5 Å². The van der Waals surface area contributed by atoms with E-state index >= 15 is 0 Å². The minimum Gasteiger partial charge on any atom is -0.478 e. The SMILES string of the molecule is CCN=c1ccc2c(-c3c(Cl)cc(C(=O)O)c(Cl)c3C(=O)O)c3ccc(NCC)cc3oc-2c1. The second-order valence-corrected chi connectivity index (χ2v) is 8.24. The van der Waals surface area contributed by atoms with E-state index in [0.29, 0.717) is 46.3 Å². The number of aromatic carboxylic acids is 2. The van der Waals surface area contributed by atoms with Gasteiger partial charge in [-0.05, 0) is 44.2 Å². The van der Waals surface area contributed by atoms with Crippen LogP contribution in [0.1, 0.15) is 34.6 Å². The molecule has 0 bridgehead atoms. The number of benzene rings is 3. The monoisotopic (exact) mass is 498 g/mol. The molecule has 0 unspecified atom stereocenters. The van der Waals surface area contributed by atoms with Crippen LogP contribution in [-0.2, 0) is 0 Å². The molecule has 7 nitrogen and oxygen atoms in total. The standard InChI is InChI=1S/C25H20Cl2N2O5/c1-3-28-12-5-7-14-18(9-12)34-19-10-13(29-4-2)6-8-15(19)20(14)21-17(26)11-16(24(30)31)23(27)22(21)25(32)33/h5-11,28H,3-4H2,1-2H3,(H,30,31)(H,32,33). The van der Waals surface area contributed by atoms with E-state index in [9.17, 15) is 19.8 Å². The number of fused-ring (bicyclic) bond motifs is 2. The summed E-state index contributed by atoms with van der Waals surface area (Å²) in [6.07, 6.45) is 0. The zero-order valence-corrected chi connectivity index (χ0v) is 19.8. The maximum absolute atomic E-state index is 12.3. The number of carboxylic acid groups (broad SMARTS) is 2. The third kappa shape index (κ3) is 4.08. The molecular formula is C25H20Cl2N2O5. The highest BCUT2D eigenvalue weighted by Gasteiger charge is 2.29. The van der Waals surface area contributed by atoms with Crippen molar-refractivity contribution in [3.8, 4) is 22.5 Å². The predicted octanol–water partition coefficient (Wildman–Crippen LogP) is 6.26. The minimum absolute atomic E-state index is 0.0499. The first-order chi connectivity index (χ1) is 16.3. The average molecular weight is 499 g/mol. The molecule has 0 radical (unpaired) electrons. The Kier molecular flexibility index (Phi) is 6.50. The zero-order chi connectivity index (χ0) is 24.6. The Hall–Kier alpha value is -3.55. The summed E-state index contributed by atoms with van der Waals surface area (Å²) in [5.74, 6) is -2.30. The Morgan fingerprint density at radius 2 is 1.76 bits per heavy atom. The van der Waals surface area contributed by atoms with Gasteiger partial charge in [-0.3, -0.25) is 4.99 Å². The molecule has 4 rings (SSSR count). The van der Waals surface area contributed by atoms with Gasteiger partial charge in [-0.2, -0.15) is 0 Å². The quantitative estimate of drug-likeness (QED) is 0.270. The maximum Gasteiger partial charge on any atom is 0.337 e. The van der Waals surface area contributed by atoms with Gasteiger partial charge in [-0.25, -0.2) is 9.59 Å². The molecular weight excluding hydrogens is 479 g/mol. The number of anilines is 1. The van der Waals surface area contributed by atoms with Crippen molar-refractivity contribution in [1.29, 1.82) is 0 Å². The third-order valence-electron chi connectivity index (χ3n) is 5.34. The number of hydrogen-bond donors (Lipinski definition) is 3. The summed E-state index contributed by atoms with van der Waals surface area (Å²) in [4.78, 5) is 28.4. The number of hydrogen-bond acceptors (Lipinski definition) is 5. The van der Waals surface area contributed by atoms with Gasteiger partial charge in [0.15, 0.2) is 0 Å². The van der Waals surface area contributed by atoms with E-state index in [1.165, 1.54) is 6.07 Å². The third-order valence-corrected chi connectivity index (χ3v) is 6.03. The Morgan fingerprint density at radius 3 is 2.41 bits per heavy atom. The van der Waals surface area contributed by atoms with Gasteiger partial charge in [-0.1, -0.05) is 23.2 Å². The molecule has 174 valence electrons. The molecule has 3 N–H and O–H groups in total. The second-order valence-electron chi connectivity index (χ2n) is 7.45. The smallest absolute Gasteiger partial charge is 0.337 e. The first-order valence-corrected chi connectivity index (χ1v) is 11.3. The lowest BCUT2D eigenvalue weighted by Crippen LogP contribution is -2.09. The molecule has 9 heteroatoms. The van der Waals surface area contributed by atoms with Crippen LogP contribution in [0.25, 0.3) is 33.4 Å². The molecule has 1 aliphatic carbocycles. The molecule has 1 heterocycles. The molecule has 0 atom stereocenters. The Bertz CT molecular complexity index is 1490. The van der Waals surface area contributed by atoms with E-state index in [1.807, 2.05) is 26.0 Å². The van der Waals surface area contributed by atoms with Crippen molar-refractivity contribution < 1.29 is 24.2 Å². The largest absolute Gasteiger partial charge is 0.478 e. The summed E-state index contributed by atoms with van der Waals surface area (Å²) < 4.78 is 6.20. The number of nitrogens with zero attached hydrogens (tertiary/aromatic N) is 1. The molecule has 0 aromatic heterocycles. The normalized spacial score (nSPS) is 11.8. The second kappa shape index (κ2) is 9.37. The van der Waals surface area contributed by atoms with E-state index in [0.717, 1.165) is 5.69 Å². The maximum atomic E-state index is 12.3. The van der Waals surface area contributed by atoms with Crippen molar-refractivity contribution in [2.24, 2.45) is 4.99 Å². The van der Waals surface area contributed by atoms with Gasteiger partial charge < -0.3 is 19.9 Å². The van der Waals surface area contributed by atoms with E-state index in [2.05, 4.69) is 10.3 Å².